The fourth-order valence-corrected chi connectivity index (χ4v) is 6.20. The van der Waals surface area contributed by atoms with Gasteiger partial charge >= 0.3 is 6.09 Å². The van der Waals surface area contributed by atoms with Crippen molar-refractivity contribution in [2.75, 3.05) is 6.61 Å². The fraction of sp³-hybridized carbons (Fsp3) is 0.308. The predicted octanol–water partition coefficient (Wildman–Crippen LogP) is 2.46. The van der Waals surface area contributed by atoms with Crippen molar-refractivity contribution >= 4 is 29.7 Å². The average molecular weight is 710 g/mol. The van der Waals surface area contributed by atoms with Gasteiger partial charge in [0.25, 0.3) is 0 Å². The lowest BCUT2D eigenvalue weighted by Gasteiger charge is -2.24. The number of nitrogens with two attached hydrogens (primary N) is 1. The maximum atomic E-state index is 13.5. The Kier molecular flexibility index (Phi) is 12.1. The number of rotatable bonds is 14. The van der Waals surface area contributed by atoms with Crippen LogP contribution in [0.5, 0.6) is 5.75 Å². The van der Waals surface area contributed by atoms with E-state index in [9.17, 15) is 34.2 Å². The molecule has 5 rings (SSSR count). The van der Waals surface area contributed by atoms with Crippen molar-refractivity contribution in [2.24, 2.45) is 5.73 Å². The van der Waals surface area contributed by atoms with Gasteiger partial charge < -0.3 is 42.0 Å². The first-order chi connectivity index (χ1) is 24.9. The zero-order valence-corrected chi connectivity index (χ0v) is 28.9. The van der Waals surface area contributed by atoms with E-state index in [1.165, 1.54) is 26.0 Å². The number of phenols is 1. The minimum atomic E-state index is -1.17. The molecule has 5 atom stereocenters. The molecule has 0 radical (unpaired) electrons. The van der Waals surface area contributed by atoms with Crippen molar-refractivity contribution in [1.82, 2.24) is 21.3 Å². The van der Waals surface area contributed by atoms with E-state index < -0.39 is 60.0 Å². The van der Waals surface area contributed by atoms with Gasteiger partial charge in [0, 0.05) is 18.8 Å². The van der Waals surface area contributed by atoms with Crippen LogP contribution in [-0.4, -0.2) is 76.8 Å². The summed E-state index contributed by atoms with van der Waals surface area (Å²) < 4.78 is 5.66. The maximum absolute atomic E-state index is 13.5. The van der Waals surface area contributed by atoms with Crippen LogP contribution in [0.15, 0.2) is 96.6 Å². The SMILES string of the molecule is CC(NC(=O)C(C)NC(=O)C(Cc1ccc(O)cc1)NC(=O)OCC1c2ccccc2-c2ccccc21)C(=O)NC(CC1=CCC(O)C=C1)C(N)=O. The molecule has 13 nitrogen and oxygen atoms in total. The topological polar surface area (TPSA) is 209 Å². The number of alkyl carbamates (subject to hydrolysis) is 1. The quantitative estimate of drug-likeness (QED) is 0.132. The molecule has 5 amide bonds. The summed E-state index contributed by atoms with van der Waals surface area (Å²) in [5.74, 6) is -2.98. The summed E-state index contributed by atoms with van der Waals surface area (Å²) in [4.78, 5) is 64.7. The summed E-state index contributed by atoms with van der Waals surface area (Å²) in [7, 11) is 0. The summed E-state index contributed by atoms with van der Waals surface area (Å²) in [5.41, 5.74) is 11.0. The van der Waals surface area contributed by atoms with Gasteiger partial charge in [-0.2, -0.15) is 0 Å². The maximum Gasteiger partial charge on any atom is 0.407 e. The normalized spacial score (nSPS) is 16.9. The van der Waals surface area contributed by atoms with Crippen LogP contribution in [0.4, 0.5) is 4.79 Å². The Morgan fingerprint density at radius 1 is 0.769 bits per heavy atom. The Bertz CT molecular complexity index is 1830. The fourth-order valence-electron chi connectivity index (χ4n) is 6.20. The van der Waals surface area contributed by atoms with Crippen LogP contribution in [-0.2, 0) is 30.3 Å². The number of fused-ring (bicyclic) bond motifs is 3. The number of aromatic hydroxyl groups is 1. The van der Waals surface area contributed by atoms with Crippen LogP contribution >= 0.6 is 0 Å². The third-order valence-corrected chi connectivity index (χ3v) is 9.09. The van der Waals surface area contributed by atoms with E-state index in [4.69, 9.17) is 10.5 Å². The number of ether oxygens (including phenoxy) is 1. The Balaban J connectivity index is 1.18. The van der Waals surface area contributed by atoms with Gasteiger partial charge in [0.05, 0.1) is 6.10 Å². The number of aliphatic hydroxyl groups excluding tert-OH is 1. The van der Waals surface area contributed by atoms with Gasteiger partial charge in [-0.3, -0.25) is 19.2 Å². The number of allylic oxidation sites excluding steroid dienone is 1. The van der Waals surface area contributed by atoms with Gasteiger partial charge in [0.1, 0.15) is 36.5 Å². The number of carbonyl (C=O) groups excluding carboxylic acids is 5. The van der Waals surface area contributed by atoms with Crippen LogP contribution in [0, 0.1) is 0 Å². The van der Waals surface area contributed by atoms with Crippen molar-refractivity contribution in [3.63, 3.8) is 0 Å². The molecule has 0 heterocycles. The van der Waals surface area contributed by atoms with Crippen LogP contribution in [0.3, 0.4) is 0 Å². The van der Waals surface area contributed by atoms with Gasteiger partial charge in [0.15, 0.2) is 0 Å². The van der Waals surface area contributed by atoms with Crippen molar-refractivity contribution in [1.29, 1.82) is 0 Å². The van der Waals surface area contributed by atoms with E-state index in [2.05, 4.69) is 21.3 Å². The second kappa shape index (κ2) is 16.8. The Labute approximate surface area is 301 Å². The molecular formula is C39H43N5O8. The molecule has 8 N–H and O–H groups in total. The molecule has 52 heavy (non-hydrogen) atoms. The smallest absolute Gasteiger partial charge is 0.407 e. The highest BCUT2D eigenvalue weighted by Gasteiger charge is 2.31. The number of nitrogens with one attached hydrogen (secondary N) is 4. The highest BCUT2D eigenvalue weighted by Crippen LogP contribution is 2.44. The van der Waals surface area contributed by atoms with Crippen LogP contribution in [0.1, 0.15) is 49.3 Å². The molecule has 0 aliphatic heterocycles. The van der Waals surface area contributed by atoms with Crippen molar-refractivity contribution in [2.45, 2.75) is 69.3 Å². The second-order valence-corrected chi connectivity index (χ2v) is 13.0. The van der Waals surface area contributed by atoms with Crippen LogP contribution < -0.4 is 27.0 Å². The molecule has 0 saturated heterocycles. The van der Waals surface area contributed by atoms with E-state index in [1.807, 2.05) is 48.5 Å². The van der Waals surface area contributed by atoms with Crippen LogP contribution in [0.25, 0.3) is 11.1 Å². The molecule has 13 heteroatoms. The molecule has 0 aromatic heterocycles. The first kappa shape index (κ1) is 37.3. The number of carbonyl (C=O) groups is 5. The number of benzene rings is 3. The summed E-state index contributed by atoms with van der Waals surface area (Å²) in [6, 6.07) is 17.5. The van der Waals surface area contributed by atoms with E-state index >= 15 is 0 Å². The van der Waals surface area contributed by atoms with Crippen molar-refractivity contribution in [3.05, 3.63) is 113 Å². The molecule has 0 bridgehead atoms. The molecule has 5 unspecified atom stereocenters. The van der Waals surface area contributed by atoms with E-state index in [0.717, 1.165) is 27.8 Å². The lowest BCUT2D eigenvalue weighted by atomic mass is 9.98. The monoisotopic (exact) mass is 709 g/mol. The van der Waals surface area contributed by atoms with E-state index in [-0.39, 0.29) is 31.1 Å². The lowest BCUT2D eigenvalue weighted by molar-refractivity contribution is -0.133. The van der Waals surface area contributed by atoms with Gasteiger partial charge in [-0.25, -0.2) is 4.79 Å². The third kappa shape index (κ3) is 9.43. The number of amides is 5. The third-order valence-electron chi connectivity index (χ3n) is 9.09. The minimum Gasteiger partial charge on any atom is -0.508 e. The summed E-state index contributed by atoms with van der Waals surface area (Å²) in [5, 5.41) is 29.6. The molecule has 0 spiro atoms. The summed E-state index contributed by atoms with van der Waals surface area (Å²) in [6.45, 7) is 2.87. The summed E-state index contributed by atoms with van der Waals surface area (Å²) in [6.07, 6.45) is 4.04. The zero-order valence-electron chi connectivity index (χ0n) is 28.9. The second-order valence-electron chi connectivity index (χ2n) is 13.0. The van der Waals surface area contributed by atoms with Gasteiger partial charge in [-0.05, 0) is 65.8 Å². The molecule has 0 saturated carbocycles. The Morgan fingerprint density at radius 3 is 1.92 bits per heavy atom. The highest BCUT2D eigenvalue weighted by molar-refractivity contribution is 5.95. The molecular weight excluding hydrogens is 666 g/mol. The molecule has 2 aliphatic rings. The number of aliphatic hydroxyl groups is 1. The number of hydrogen-bond donors (Lipinski definition) is 7. The molecule has 3 aromatic rings. The van der Waals surface area contributed by atoms with E-state index in [0.29, 0.717) is 12.0 Å². The zero-order chi connectivity index (χ0) is 37.4. The molecule has 272 valence electrons. The lowest BCUT2D eigenvalue weighted by Crippen LogP contribution is -2.57. The summed E-state index contributed by atoms with van der Waals surface area (Å²) >= 11 is 0. The molecule has 3 aromatic carbocycles. The van der Waals surface area contributed by atoms with Gasteiger partial charge in [-0.15, -0.1) is 0 Å². The van der Waals surface area contributed by atoms with Crippen molar-refractivity contribution < 1.29 is 38.9 Å². The standard InChI is InChI=1S/C39H43N5O8/c1-22(36(48)41-23(2)37(49)43-33(35(40)47)19-24-11-15-26(45)16-12-24)42-38(50)34(20-25-13-17-27(46)18-14-25)44-39(51)52-21-32-30-9-5-3-7-28(30)29-8-4-6-10-31(29)32/h3-15,17-18,22-23,26,32-34,45-46H,16,19-21H2,1-2H3,(H2,40,47)(H,41,48)(H,42,50)(H,43,49)(H,44,51). The Morgan fingerprint density at radius 2 is 1.35 bits per heavy atom. The largest absolute Gasteiger partial charge is 0.508 e. The number of hydrogen-bond acceptors (Lipinski definition) is 8. The van der Waals surface area contributed by atoms with Gasteiger partial charge in [-0.1, -0.05) is 78.9 Å². The van der Waals surface area contributed by atoms with E-state index in [1.54, 1.807) is 30.4 Å². The predicted molar refractivity (Wildman–Crippen MR) is 193 cm³/mol. The van der Waals surface area contributed by atoms with Crippen LogP contribution in [0.2, 0.25) is 0 Å². The molecule has 2 aliphatic carbocycles. The average Bonchev–Trinajstić information content (AvgIpc) is 3.45. The number of primary amides is 1. The highest BCUT2D eigenvalue weighted by atomic mass is 16.5. The van der Waals surface area contributed by atoms with Crippen molar-refractivity contribution in [3.8, 4) is 16.9 Å². The Hall–Kier alpha value is -5.95. The first-order valence-electron chi connectivity index (χ1n) is 17.0. The first-order valence-corrected chi connectivity index (χ1v) is 17.0. The minimum absolute atomic E-state index is 0.0164. The van der Waals surface area contributed by atoms with Gasteiger partial charge in [0.2, 0.25) is 23.6 Å². The molecule has 0 fully saturated rings. The number of phenolic OH excluding ortho intramolecular Hbond substituents is 1.